The highest BCUT2D eigenvalue weighted by molar-refractivity contribution is 8.02. The van der Waals surface area contributed by atoms with E-state index in [0.717, 1.165) is 21.6 Å². The monoisotopic (exact) mass is 392 g/mol. The molecule has 0 saturated carbocycles. The highest BCUT2D eigenvalue weighted by Gasteiger charge is 2.24. The van der Waals surface area contributed by atoms with Crippen LogP contribution in [-0.4, -0.2) is 52.6 Å². The van der Waals surface area contributed by atoms with Gasteiger partial charge >= 0.3 is 0 Å². The number of para-hydroxylation sites is 1. The second-order valence-electron chi connectivity index (χ2n) is 6.16. The van der Waals surface area contributed by atoms with Gasteiger partial charge in [-0.1, -0.05) is 48.2 Å². The molecule has 140 valence electrons. The van der Waals surface area contributed by atoms with E-state index >= 15 is 0 Å². The predicted octanol–water partition coefficient (Wildman–Crippen LogP) is 3.49. The Labute approximate surface area is 162 Å². The van der Waals surface area contributed by atoms with Crippen molar-refractivity contribution in [3.05, 3.63) is 29.3 Å². The summed E-state index contributed by atoms with van der Waals surface area (Å²) in [6.45, 7) is 8.72. The molecule has 0 bridgehead atoms. The second kappa shape index (κ2) is 8.83. The first-order valence-electron chi connectivity index (χ1n) is 8.80. The van der Waals surface area contributed by atoms with E-state index in [1.165, 1.54) is 34.2 Å². The Morgan fingerprint density at radius 1 is 1.38 bits per heavy atom. The van der Waals surface area contributed by atoms with Gasteiger partial charge in [-0.2, -0.15) is 0 Å². The van der Waals surface area contributed by atoms with Crippen LogP contribution in [0.2, 0.25) is 0 Å². The molecule has 6 nitrogen and oxygen atoms in total. The Morgan fingerprint density at radius 2 is 2.15 bits per heavy atom. The largest absolute Gasteiger partial charge is 0.378 e. The second-order valence-corrected chi connectivity index (χ2v) is 8.72. The van der Waals surface area contributed by atoms with Crippen molar-refractivity contribution in [1.29, 1.82) is 0 Å². The Kier molecular flexibility index (Phi) is 6.50. The number of nitrogens with zero attached hydrogens (tertiary/aromatic N) is 3. The van der Waals surface area contributed by atoms with E-state index < -0.39 is 0 Å². The summed E-state index contributed by atoms with van der Waals surface area (Å²) in [4.78, 5) is 14.4. The number of thioether (sulfide) groups is 1. The van der Waals surface area contributed by atoms with Gasteiger partial charge in [-0.25, -0.2) is 0 Å². The van der Waals surface area contributed by atoms with Crippen LogP contribution in [0.5, 0.6) is 0 Å². The SMILES string of the molecule is CCc1cccc(C)c1Nc1nnc(SC(C)C(=O)N2CCOCC2)s1. The van der Waals surface area contributed by atoms with Crippen molar-refractivity contribution in [2.45, 2.75) is 36.8 Å². The minimum atomic E-state index is -0.182. The van der Waals surface area contributed by atoms with Crippen molar-refractivity contribution >= 4 is 39.8 Å². The lowest BCUT2D eigenvalue weighted by atomic mass is 10.1. The number of rotatable bonds is 6. The number of hydrogen-bond donors (Lipinski definition) is 1. The molecule has 3 rings (SSSR count). The summed E-state index contributed by atoms with van der Waals surface area (Å²) in [5.74, 6) is 0.134. The lowest BCUT2D eigenvalue weighted by Crippen LogP contribution is -2.44. The normalized spacial score (nSPS) is 15.7. The Balaban J connectivity index is 1.64. The molecule has 1 unspecified atom stereocenters. The van der Waals surface area contributed by atoms with E-state index in [2.05, 4.69) is 47.6 Å². The predicted molar refractivity (Wildman–Crippen MR) is 106 cm³/mol. The molecule has 1 aliphatic rings. The average Bonchev–Trinajstić information content (AvgIpc) is 3.10. The molecule has 2 heterocycles. The fourth-order valence-corrected chi connectivity index (χ4v) is 4.84. The first kappa shape index (κ1) is 19.1. The smallest absolute Gasteiger partial charge is 0.236 e. The molecule has 1 saturated heterocycles. The molecule has 26 heavy (non-hydrogen) atoms. The highest BCUT2D eigenvalue weighted by Crippen LogP contribution is 2.33. The molecule has 1 N–H and O–H groups in total. The molecule has 2 aromatic rings. The van der Waals surface area contributed by atoms with Gasteiger partial charge in [-0.15, -0.1) is 10.2 Å². The summed E-state index contributed by atoms with van der Waals surface area (Å²) in [6.07, 6.45) is 0.954. The molecule has 1 fully saturated rings. The van der Waals surface area contributed by atoms with Crippen molar-refractivity contribution in [3.8, 4) is 0 Å². The summed E-state index contributed by atoms with van der Waals surface area (Å²) < 4.78 is 6.11. The molecule has 8 heteroatoms. The number of aryl methyl sites for hydroxylation is 2. The number of hydrogen-bond acceptors (Lipinski definition) is 7. The van der Waals surface area contributed by atoms with Crippen LogP contribution in [0.15, 0.2) is 22.5 Å². The van der Waals surface area contributed by atoms with E-state index in [1.807, 2.05) is 11.8 Å². The van der Waals surface area contributed by atoms with Gasteiger partial charge < -0.3 is 15.0 Å². The van der Waals surface area contributed by atoms with Gasteiger partial charge in [0.25, 0.3) is 0 Å². The maximum absolute atomic E-state index is 12.5. The molecule has 1 atom stereocenters. The molecule has 1 amide bonds. The van der Waals surface area contributed by atoms with Crippen molar-refractivity contribution in [2.24, 2.45) is 0 Å². The fourth-order valence-electron chi connectivity index (χ4n) is 2.86. The minimum absolute atomic E-state index is 0.134. The molecular formula is C18H24N4O2S2. The van der Waals surface area contributed by atoms with Crippen molar-refractivity contribution in [3.63, 3.8) is 0 Å². The third kappa shape index (κ3) is 4.55. The number of carbonyl (C=O) groups excluding carboxylic acids is 1. The van der Waals surface area contributed by atoms with Gasteiger partial charge in [-0.3, -0.25) is 4.79 Å². The first-order valence-corrected chi connectivity index (χ1v) is 10.5. The van der Waals surface area contributed by atoms with Crippen LogP contribution in [0.4, 0.5) is 10.8 Å². The number of morpholine rings is 1. The highest BCUT2D eigenvalue weighted by atomic mass is 32.2. The molecule has 0 spiro atoms. The maximum atomic E-state index is 12.5. The fraction of sp³-hybridized carbons (Fsp3) is 0.500. The van der Waals surface area contributed by atoms with Gasteiger partial charge in [0.1, 0.15) is 0 Å². The summed E-state index contributed by atoms with van der Waals surface area (Å²) in [5.41, 5.74) is 3.54. The molecule has 1 aromatic heterocycles. The van der Waals surface area contributed by atoms with E-state index in [0.29, 0.717) is 26.3 Å². The van der Waals surface area contributed by atoms with Gasteiger partial charge in [0.2, 0.25) is 11.0 Å². The zero-order valence-electron chi connectivity index (χ0n) is 15.3. The minimum Gasteiger partial charge on any atom is -0.378 e. The van der Waals surface area contributed by atoms with Crippen molar-refractivity contribution in [1.82, 2.24) is 15.1 Å². The van der Waals surface area contributed by atoms with E-state index in [1.54, 1.807) is 0 Å². The summed E-state index contributed by atoms with van der Waals surface area (Å²) >= 11 is 2.95. The number of ether oxygens (including phenoxy) is 1. The topological polar surface area (TPSA) is 67.4 Å². The zero-order chi connectivity index (χ0) is 18.5. The molecular weight excluding hydrogens is 368 g/mol. The molecule has 0 aliphatic carbocycles. The van der Waals surface area contributed by atoms with Crippen LogP contribution in [0.25, 0.3) is 0 Å². The van der Waals surface area contributed by atoms with Crippen LogP contribution in [0.3, 0.4) is 0 Å². The van der Waals surface area contributed by atoms with E-state index in [9.17, 15) is 4.79 Å². The lowest BCUT2D eigenvalue weighted by molar-refractivity contribution is -0.134. The van der Waals surface area contributed by atoms with Gasteiger partial charge in [-0.05, 0) is 31.4 Å². The van der Waals surface area contributed by atoms with Crippen molar-refractivity contribution in [2.75, 3.05) is 31.6 Å². The van der Waals surface area contributed by atoms with Crippen LogP contribution >= 0.6 is 23.1 Å². The number of nitrogens with one attached hydrogen (secondary N) is 1. The van der Waals surface area contributed by atoms with Crippen LogP contribution in [0.1, 0.15) is 25.0 Å². The summed E-state index contributed by atoms with van der Waals surface area (Å²) in [5, 5.41) is 12.5. The maximum Gasteiger partial charge on any atom is 0.236 e. The van der Waals surface area contributed by atoms with Gasteiger partial charge in [0, 0.05) is 18.8 Å². The van der Waals surface area contributed by atoms with Crippen LogP contribution in [-0.2, 0) is 16.0 Å². The van der Waals surface area contributed by atoms with E-state index in [-0.39, 0.29) is 11.2 Å². The number of carbonyl (C=O) groups is 1. The number of anilines is 2. The molecule has 1 aromatic carbocycles. The first-order chi connectivity index (χ1) is 12.6. The Bertz CT molecular complexity index is 759. The Morgan fingerprint density at radius 3 is 2.88 bits per heavy atom. The third-order valence-electron chi connectivity index (χ3n) is 4.33. The van der Waals surface area contributed by atoms with Gasteiger partial charge in [0.15, 0.2) is 4.34 Å². The van der Waals surface area contributed by atoms with E-state index in [4.69, 9.17) is 4.74 Å². The van der Waals surface area contributed by atoms with Crippen molar-refractivity contribution < 1.29 is 9.53 Å². The van der Waals surface area contributed by atoms with Crippen LogP contribution in [0, 0.1) is 6.92 Å². The van der Waals surface area contributed by atoms with Crippen LogP contribution < -0.4 is 5.32 Å². The average molecular weight is 393 g/mol. The number of amides is 1. The molecule has 0 radical (unpaired) electrons. The zero-order valence-corrected chi connectivity index (χ0v) is 17.0. The van der Waals surface area contributed by atoms with Gasteiger partial charge in [0.05, 0.1) is 18.5 Å². The Hall–Kier alpha value is -1.64. The standard InChI is InChI=1S/C18H24N4O2S2/c1-4-14-7-5-6-12(2)15(14)19-17-20-21-18(26-17)25-13(3)16(23)22-8-10-24-11-9-22/h5-7,13H,4,8-11H2,1-3H3,(H,19,20). The molecule has 1 aliphatic heterocycles. The number of aromatic nitrogens is 2. The quantitative estimate of drug-likeness (QED) is 0.759. The lowest BCUT2D eigenvalue weighted by Gasteiger charge is -2.28. The summed E-state index contributed by atoms with van der Waals surface area (Å²) in [7, 11) is 0. The number of benzene rings is 1. The third-order valence-corrected chi connectivity index (χ3v) is 6.34. The summed E-state index contributed by atoms with van der Waals surface area (Å²) in [6, 6.07) is 6.27.